The van der Waals surface area contributed by atoms with Gasteiger partial charge in [0, 0.05) is 0 Å². The predicted molar refractivity (Wildman–Crippen MR) is 110 cm³/mol. The maximum absolute atomic E-state index is 12.2. The van der Waals surface area contributed by atoms with Crippen molar-refractivity contribution in [3.63, 3.8) is 0 Å². The highest BCUT2D eigenvalue weighted by atomic mass is 16.5. The lowest BCUT2D eigenvalue weighted by Gasteiger charge is -2.14. The van der Waals surface area contributed by atoms with Gasteiger partial charge >= 0.3 is 5.97 Å². The molecule has 0 radical (unpaired) electrons. The molecule has 0 amide bonds. The van der Waals surface area contributed by atoms with E-state index in [2.05, 4.69) is 0 Å². The summed E-state index contributed by atoms with van der Waals surface area (Å²) >= 11 is 0. The number of rotatable bonds is 8. The van der Waals surface area contributed by atoms with Crippen molar-refractivity contribution in [3.05, 3.63) is 101 Å². The molecule has 0 aliphatic rings. The molecule has 0 aromatic heterocycles. The van der Waals surface area contributed by atoms with Gasteiger partial charge in [0.05, 0.1) is 0 Å². The standard InChI is InChI=1S/C24H25NO3/c1-18-14-21(12-13-23(18)27-16-19-8-4-2-5-9-19)15-22(25)24(26)28-17-20-10-6-3-7-11-20/h2-14,22H,15-17,25H2,1H3. The predicted octanol–water partition coefficient (Wildman–Crippen LogP) is 4.19. The Morgan fingerprint density at radius 1 is 0.857 bits per heavy atom. The second-order valence-corrected chi connectivity index (χ2v) is 6.78. The number of esters is 1. The third-order valence-corrected chi connectivity index (χ3v) is 4.46. The minimum absolute atomic E-state index is 0.235. The number of carbonyl (C=O) groups is 1. The largest absolute Gasteiger partial charge is 0.489 e. The van der Waals surface area contributed by atoms with Crippen molar-refractivity contribution < 1.29 is 14.3 Å². The molecule has 4 nitrogen and oxygen atoms in total. The molecule has 3 aromatic carbocycles. The quantitative estimate of drug-likeness (QED) is 0.600. The first-order valence-corrected chi connectivity index (χ1v) is 9.34. The lowest BCUT2D eigenvalue weighted by Crippen LogP contribution is -2.34. The molecule has 28 heavy (non-hydrogen) atoms. The highest BCUT2D eigenvalue weighted by Gasteiger charge is 2.16. The maximum Gasteiger partial charge on any atom is 0.323 e. The Bertz CT molecular complexity index is 894. The second kappa shape index (κ2) is 9.72. The van der Waals surface area contributed by atoms with Gasteiger partial charge in [-0.1, -0.05) is 72.8 Å². The van der Waals surface area contributed by atoms with Crippen molar-refractivity contribution in [1.82, 2.24) is 0 Å². The number of ether oxygens (including phenoxy) is 2. The summed E-state index contributed by atoms with van der Waals surface area (Å²) in [6.45, 7) is 2.74. The summed E-state index contributed by atoms with van der Waals surface area (Å²) in [6, 6.07) is 24.8. The van der Waals surface area contributed by atoms with Crippen LogP contribution in [0, 0.1) is 6.92 Å². The monoisotopic (exact) mass is 375 g/mol. The normalized spacial score (nSPS) is 11.6. The second-order valence-electron chi connectivity index (χ2n) is 6.78. The van der Waals surface area contributed by atoms with Gasteiger partial charge in [-0.2, -0.15) is 0 Å². The zero-order valence-electron chi connectivity index (χ0n) is 16.0. The van der Waals surface area contributed by atoms with Gasteiger partial charge in [0.25, 0.3) is 0 Å². The van der Waals surface area contributed by atoms with E-state index in [0.29, 0.717) is 13.0 Å². The molecule has 144 valence electrons. The van der Waals surface area contributed by atoms with Crippen LogP contribution in [0.25, 0.3) is 0 Å². The number of hydrogen-bond acceptors (Lipinski definition) is 4. The molecule has 3 aromatic rings. The topological polar surface area (TPSA) is 61.6 Å². The van der Waals surface area contributed by atoms with E-state index in [1.54, 1.807) is 0 Å². The molecule has 1 atom stereocenters. The van der Waals surface area contributed by atoms with Gasteiger partial charge in [0.15, 0.2) is 0 Å². The molecule has 0 spiro atoms. The number of benzene rings is 3. The highest BCUT2D eigenvalue weighted by Crippen LogP contribution is 2.21. The molecule has 1 unspecified atom stereocenters. The van der Waals surface area contributed by atoms with Crippen molar-refractivity contribution in [3.8, 4) is 5.75 Å². The number of aryl methyl sites for hydroxylation is 1. The van der Waals surface area contributed by atoms with Crippen molar-refractivity contribution >= 4 is 5.97 Å². The van der Waals surface area contributed by atoms with Crippen molar-refractivity contribution in [1.29, 1.82) is 0 Å². The molecule has 0 heterocycles. The fourth-order valence-corrected chi connectivity index (χ4v) is 2.91. The van der Waals surface area contributed by atoms with Gasteiger partial charge in [-0.05, 0) is 41.7 Å². The van der Waals surface area contributed by atoms with Crippen molar-refractivity contribution in [2.75, 3.05) is 0 Å². The van der Waals surface area contributed by atoms with Gasteiger partial charge in [-0.15, -0.1) is 0 Å². The van der Waals surface area contributed by atoms with Crippen LogP contribution in [0.5, 0.6) is 5.75 Å². The Morgan fingerprint density at radius 2 is 1.46 bits per heavy atom. The molecule has 0 saturated carbocycles. The third-order valence-electron chi connectivity index (χ3n) is 4.46. The van der Waals surface area contributed by atoms with Gasteiger partial charge < -0.3 is 15.2 Å². The van der Waals surface area contributed by atoms with Gasteiger partial charge in [-0.3, -0.25) is 4.79 Å². The van der Waals surface area contributed by atoms with Crippen LogP contribution in [-0.2, 0) is 29.2 Å². The summed E-state index contributed by atoms with van der Waals surface area (Å²) in [4.78, 5) is 12.2. The Labute approximate surface area is 165 Å². The van der Waals surface area contributed by atoms with E-state index in [1.807, 2.05) is 85.8 Å². The van der Waals surface area contributed by atoms with Crippen molar-refractivity contribution in [2.24, 2.45) is 5.73 Å². The first-order chi connectivity index (χ1) is 13.6. The number of carbonyl (C=O) groups excluding carboxylic acids is 1. The van der Waals surface area contributed by atoms with Crippen LogP contribution in [0.3, 0.4) is 0 Å². The molecule has 0 aliphatic carbocycles. The Hall–Kier alpha value is -3.11. The molecule has 0 aliphatic heterocycles. The Balaban J connectivity index is 1.52. The fraction of sp³-hybridized carbons (Fsp3) is 0.208. The van der Waals surface area contributed by atoms with E-state index in [9.17, 15) is 4.79 Å². The van der Waals surface area contributed by atoms with Crippen LogP contribution in [0.4, 0.5) is 0 Å². The lowest BCUT2D eigenvalue weighted by molar-refractivity contribution is -0.146. The maximum atomic E-state index is 12.2. The van der Waals surface area contributed by atoms with Crippen molar-refractivity contribution in [2.45, 2.75) is 32.6 Å². The summed E-state index contributed by atoms with van der Waals surface area (Å²) in [7, 11) is 0. The third kappa shape index (κ3) is 5.69. The smallest absolute Gasteiger partial charge is 0.323 e. The number of nitrogens with two attached hydrogens (primary N) is 1. The van der Waals surface area contributed by atoms with Crippen LogP contribution in [0.15, 0.2) is 78.9 Å². The van der Waals surface area contributed by atoms with Crippen LogP contribution in [0.1, 0.15) is 22.3 Å². The summed E-state index contributed by atoms with van der Waals surface area (Å²) in [5, 5.41) is 0. The molecule has 0 saturated heterocycles. The molecule has 0 fully saturated rings. The molecule has 2 N–H and O–H groups in total. The molecule has 3 rings (SSSR count). The molecular weight excluding hydrogens is 350 g/mol. The van der Waals surface area contributed by atoms with Crippen LogP contribution in [-0.4, -0.2) is 12.0 Å². The average Bonchev–Trinajstić information content (AvgIpc) is 2.73. The SMILES string of the molecule is Cc1cc(CC(N)C(=O)OCc2ccccc2)ccc1OCc1ccccc1. The van der Waals surface area contributed by atoms with E-state index in [-0.39, 0.29) is 6.61 Å². The zero-order chi connectivity index (χ0) is 19.8. The van der Waals surface area contributed by atoms with E-state index in [4.69, 9.17) is 15.2 Å². The van der Waals surface area contributed by atoms with E-state index < -0.39 is 12.0 Å². The van der Waals surface area contributed by atoms with E-state index >= 15 is 0 Å². The van der Waals surface area contributed by atoms with E-state index in [0.717, 1.165) is 28.0 Å². The highest BCUT2D eigenvalue weighted by molar-refractivity contribution is 5.76. The minimum atomic E-state index is -0.695. The van der Waals surface area contributed by atoms with Crippen LogP contribution < -0.4 is 10.5 Å². The van der Waals surface area contributed by atoms with Crippen LogP contribution in [0.2, 0.25) is 0 Å². The lowest BCUT2D eigenvalue weighted by atomic mass is 10.0. The Kier molecular flexibility index (Phi) is 6.82. The molecular formula is C24H25NO3. The first-order valence-electron chi connectivity index (χ1n) is 9.34. The van der Waals surface area contributed by atoms with Gasteiger partial charge in [-0.25, -0.2) is 0 Å². The van der Waals surface area contributed by atoms with Gasteiger partial charge in [0.2, 0.25) is 0 Å². The Morgan fingerprint density at radius 3 is 2.07 bits per heavy atom. The number of hydrogen-bond donors (Lipinski definition) is 1. The fourth-order valence-electron chi connectivity index (χ4n) is 2.91. The first kappa shape index (κ1) is 19.6. The summed E-state index contributed by atoms with van der Waals surface area (Å²) in [5.41, 5.74) is 10.1. The molecule has 0 bridgehead atoms. The minimum Gasteiger partial charge on any atom is -0.489 e. The zero-order valence-corrected chi connectivity index (χ0v) is 16.0. The average molecular weight is 375 g/mol. The van der Waals surface area contributed by atoms with E-state index in [1.165, 1.54) is 0 Å². The summed E-state index contributed by atoms with van der Waals surface area (Å²) in [5.74, 6) is 0.429. The summed E-state index contributed by atoms with van der Waals surface area (Å²) < 4.78 is 11.2. The molecule has 4 heteroatoms. The van der Waals surface area contributed by atoms with Crippen LogP contribution >= 0.6 is 0 Å². The van der Waals surface area contributed by atoms with Gasteiger partial charge in [0.1, 0.15) is 25.0 Å². The summed E-state index contributed by atoms with van der Waals surface area (Å²) in [6.07, 6.45) is 0.424.